The molecule has 4 nitrogen and oxygen atoms in total. The van der Waals surface area contributed by atoms with E-state index in [-0.39, 0.29) is 0 Å². The van der Waals surface area contributed by atoms with Gasteiger partial charge in [-0.25, -0.2) is 0 Å². The zero-order chi connectivity index (χ0) is 54.4. The maximum atomic E-state index is 2.37. The molecule has 0 aliphatic rings. The van der Waals surface area contributed by atoms with Crippen LogP contribution in [0.3, 0.4) is 0 Å². The molecule has 0 radical (unpaired) electrons. The third kappa shape index (κ3) is 13.7. The Balaban J connectivity index is 0.000000192. The van der Waals surface area contributed by atoms with Crippen LogP contribution in [0.1, 0.15) is 84.0 Å². The number of benzene rings is 10. The van der Waals surface area contributed by atoms with E-state index >= 15 is 0 Å². The number of hydrogen-bond donors (Lipinski definition) is 0. The van der Waals surface area contributed by atoms with E-state index in [0.717, 1.165) is 69.7 Å². The van der Waals surface area contributed by atoms with Crippen molar-refractivity contribution in [1.29, 1.82) is 0 Å². The van der Waals surface area contributed by atoms with Crippen LogP contribution >= 0.6 is 0 Å². The van der Waals surface area contributed by atoms with Crippen LogP contribution in [-0.4, -0.2) is 0 Å². The van der Waals surface area contributed by atoms with E-state index in [2.05, 4.69) is 318 Å². The molecule has 392 valence electrons. The van der Waals surface area contributed by atoms with E-state index in [1.165, 1.54) is 81.6 Å². The fourth-order valence-electron chi connectivity index (χ4n) is 9.86. The van der Waals surface area contributed by atoms with Crippen molar-refractivity contribution >= 4 is 68.2 Å². The van der Waals surface area contributed by atoms with Crippen molar-refractivity contribution in [2.45, 2.75) is 93.9 Å². The van der Waals surface area contributed by atoms with Crippen molar-refractivity contribution in [3.05, 3.63) is 287 Å². The van der Waals surface area contributed by atoms with Crippen molar-refractivity contribution < 1.29 is 0 Å². The average Bonchev–Trinajstić information content (AvgIpc) is 3.48. The van der Waals surface area contributed by atoms with Gasteiger partial charge in [0.1, 0.15) is 0 Å². The maximum Gasteiger partial charge on any atom is 0.0482 e. The molecule has 10 aromatic carbocycles. The Morgan fingerprint density at radius 3 is 0.603 bits per heavy atom. The van der Waals surface area contributed by atoms with Gasteiger partial charge in [0.2, 0.25) is 0 Å². The second kappa shape index (κ2) is 26.0. The van der Waals surface area contributed by atoms with E-state index in [0.29, 0.717) is 0 Å². The molecule has 10 aromatic rings. The van der Waals surface area contributed by atoms with Gasteiger partial charge < -0.3 is 19.6 Å². The van der Waals surface area contributed by atoms with E-state index in [1.54, 1.807) is 0 Å². The maximum absolute atomic E-state index is 2.37. The zero-order valence-electron chi connectivity index (χ0n) is 47.1. The first-order chi connectivity index (χ1) is 38.0. The van der Waals surface area contributed by atoms with Crippen molar-refractivity contribution in [2.24, 2.45) is 0 Å². The SMILES string of the molecule is CCCCc1ccc(N(c2ccc(C)cc2)c2cccc(N(c3ccc(C)cc3)c3ccc(CCCC)cc3)c2)cc1.Cc1ccc(N(c2ccc(C)cc2)c2ccc(N(c3ccc(C)cc3)c3ccc(C)cc3)cc2)cc1. The third-order valence-corrected chi connectivity index (χ3v) is 14.5. The van der Waals surface area contributed by atoms with E-state index in [1.807, 2.05) is 0 Å². The number of nitrogens with zero attached hydrogens (tertiary/aromatic N) is 4. The zero-order valence-corrected chi connectivity index (χ0v) is 47.1. The van der Waals surface area contributed by atoms with E-state index < -0.39 is 0 Å². The second-order valence-corrected chi connectivity index (χ2v) is 20.9. The van der Waals surface area contributed by atoms with Crippen molar-refractivity contribution in [2.75, 3.05) is 19.6 Å². The minimum Gasteiger partial charge on any atom is -0.311 e. The van der Waals surface area contributed by atoms with Gasteiger partial charge in [0.05, 0.1) is 0 Å². The summed E-state index contributed by atoms with van der Waals surface area (Å²) < 4.78 is 0. The number of anilines is 12. The molecule has 0 unspecified atom stereocenters. The van der Waals surface area contributed by atoms with Gasteiger partial charge in [-0.05, 0) is 218 Å². The molecular weight excluding hydrogens is 945 g/mol. The molecule has 0 saturated carbocycles. The molecule has 0 N–H and O–H groups in total. The monoisotopic (exact) mass is 1020 g/mol. The first-order valence-electron chi connectivity index (χ1n) is 28.0. The van der Waals surface area contributed by atoms with Gasteiger partial charge >= 0.3 is 0 Å². The minimum atomic E-state index is 1.12. The fourth-order valence-corrected chi connectivity index (χ4v) is 9.86. The number of unbranched alkanes of at least 4 members (excludes halogenated alkanes) is 2. The summed E-state index contributed by atoms with van der Waals surface area (Å²) in [5, 5.41) is 0. The molecule has 0 bridgehead atoms. The summed E-state index contributed by atoms with van der Waals surface area (Å²) in [7, 11) is 0. The molecule has 0 fully saturated rings. The number of rotatable bonds is 18. The Kier molecular flexibility index (Phi) is 18.0. The van der Waals surface area contributed by atoms with Gasteiger partial charge in [-0.3, -0.25) is 0 Å². The Hall–Kier alpha value is -8.60. The Morgan fingerprint density at radius 1 is 0.218 bits per heavy atom. The highest BCUT2D eigenvalue weighted by atomic mass is 15.2. The topological polar surface area (TPSA) is 13.0 Å². The lowest BCUT2D eigenvalue weighted by Crippen LogP contribution is -2.13. The Bertz CT molecular complexity index is 3100. The lowest BCUT2D eigenvalue weighted by atomic mass is 10.1. The summed E-state index contributed by atoms with van der Waals surface area (Å²) in [6, 6.07) is 88.5. The highest BCUT2D eigenvalue weighted by Gasteiger charge is 2.19. The average molecular weight is 1020 g/mol. The van der Waals surface area contributed by atoms with Crippen LogP contribution in [0.25, 0.3) is 0 Å². The van der Waals surface area contributed by atoms with Crippen LogP contribution in [0.2, 0.25) is 0 Å². The van der Waals surface area contributed by atoms with Gasteiger partial charge in [-0.15, -0.1) is 0 Å². The molecule has 0 saturated heterocycles. The highest BCUT2D eigenvalue weighted by Crippen LogP contribution is 2.42. The highest BCUT2D eigenvalue weighted by molar-refractivity contribution is 5.84. The van der Waals surface area contributed by atoms with Crippen LogP contribution in [0, 0.1) is 41.5 Å². The molecule has 0 amide bonds. The fraction of sp³-hybridized carbons (Fsp3) is 0.189. The van der Waals surface area contributed by atoms with E-state index in [9.17, 15) is 0 Å². The molecule has 0 heterocycles. The molecule has 0 aliphatic carbocycles. The smallest absolute Gasteiger partial charge is 0.0482 e. The Labute approximate surface area is 466 Å². The normalized spacial score (nSPS) is 10.9. The first-order valence-corrected chi connectivity index (χ1v) is 28.0. The number of aryl methyl sites for hydroxylation is 8. The molecule has 0 aromatic heterocycles. The summed E-state index contributed by atoms with van der Waals surface area (Å²) in [5.74, 6) is 0. The lowest BCUT2D eigenvalue weighted by molar-refractivity contribution is 0.795. The van der Waals surface area contributed by atoms with Crippen LogP contribution in [-0.2, 0) is 12.8 Å². The van der Waals surface area contributed by atoms with E-state index in [4.69, 9.17) is 0 Å². The van der Waals surface area contributed by atoms with Gasteiger partial charge in [0.15, 0.2) is 0 Å². The molecule has 10 rings (SSSR count). The largest absolute Gasteiger partial charge is 0.311 e. The molecule has 0 atom stereocenters. The predicted octanol–water partition coefficient (Wildman–Crippen LogP) is 21.8. The van der Waals surface area contributed by atoms with Gasteiger partial charge in [0, 0.05) is 68.2 Å². The molecule has 0 aliphatic heterocycles. The van der Waals surface area contributed by atoms with Crippen LogP contribution < -0.4 is 19.6 Å². The van der Waals surface area contributed by atoms with Crippen LogP contribution in [0.4, 0.5) is 68.2 Å². The third-order valence-electron chi connectivity index (χ3n) is 14.5. The molecule has 78 heavy (non-hydrogen) atoms. The summed E-state index contributed by atoms with van der Waals surface area (Å²) in [6.07, 6.45) is 7.11. The van der Waals surface area contributed by atoms with Crippen LogP contribution in [0.15, 0.2) is 243 Å². The summed E-state index contributed by atoms with van der Waals surface area (Å²) in [4.78, 5) is 9.36. The van der Waals surface area contributed by atoms with Gasteiger partial charge in [0.25, 0.3) is 0 Å². The number of hydrogen-bond acceptors (Lipinski definition) is 4. The molecule has 0 spiro atoms. The summed E-state index contributed by atoms with van der Waals surface area (Å²) in [6.45, 7) is 17.3. The van der Waals surface area contributed by atoms with Crippen LogP contribution in [0.5, 0.6) is 0 Å². The lowest BCUT2D eigenvalue weighted by Gasteiger charge is -2.29. The van der Waals surface area contributed by atoms with Crippen molar-refractivity contribution in [3.8, 4) is 0 Å². The predicted molar refractivity (Wildman–Crippen MR) is 337 cm³/mol. The second-order valence-electron chi connectivity index (χ2n) is 20.9. The van der Waals surface area contributed by atoms with Gasteiger partial charge in [-0.1, -0.05) is 163 Å². The first kappa shape index (κ1) is 54.2. The standard InChI is InChI=1S/C40H44N2.C34H32N2/c1-5-7-10-33-18-26-37(27-19-33)41(35-22-14-31(3)15-23-35)39-12-9-13-40(30-39)42(36-24-16-32(4)17-25-36)38-28-20-34(21-29-38)11-8-6-2;1-25-5-13-29(14-6-25)35(30-15-7-26(2)8-16-30)33-21-23-34(24-22-33)36(31-17-9-27(3)10-18-31)32-19-11-28(4)12-20-32/h9,12-30H,5-8,10-11H2,1-4H3;5-24H,1-4H3. The van der Waals surface area contributed by atoms with Crippen molar-refractivity contribution in [3.63, 3.8) is 0 Å². The summed E-state index contributed by atoms with van der Waals surface area (Å²) >= 11 is 0. The minimum absolute atomic E-state index is 1.12. The Morgan fingerprint density at radius 2 is 0.397 bits per heavy atom. The molecular formula is C74H76N4. The van der Waals surface area contributed by atoms with Gasteiger partial charge in [-0.2, -0.15) is 0 Å². The van der Waals surface area contributed by atoms with Crippen molar-refractivity contribution in [1.82, 2.24) is 0 Å². The molecule has 4 heteroatoms. The quantitative estimate of drug-likeness (QED) is 0.0849. The summed E-state index contributed by atoms with van der Waals surface area (Å²) in [5.41, 5.74) is 24.1.